The summed E-state index contributed by atoms with van der Waals surface area (Å²) in [6, 6.07) is -0.877. The standard InChI is InChI=1S/C7H10N2O/c1-9-5-3-2-4-6(9)7(8)10/h2-6H,1H3,(H2,8,10)/i1D3. The highest BCUT2D eigenvalue weighted by Gasteiger charge is 2.15. The summed E-state index contributed by atoms with van der Waals surface area (Å²) in [6.07, 6.45) is 5.93. The van der Waals surface area contributed by atoms with Gasteiger partial charge in [0.25, 0.3) is 0 Å². The lowest BCUT2D eigenvalue weighted by Gasteiger charge is -2.22. The summed E-state index contributed by atoms with van der Waals surface area (Å²) in [5.74, 6) is -0.670. The average Bonchev–Trinajstić information content (AvgIpc) is 2.03. The highest BCUT2D eigenvalue weighted by Crippen LogP contribution is 2.03. The Kier molecular flexibility index (Phi) is 0.974. The van der Waals surface area contributed by atoms with E-state index in [1.165, 1.54) is 12.3 Å². The number of primary amides is 1. The van der Waals surface area contributed by atoms with Crippen molar-refractivity contribution in [1.29, 1.82) is 0 Å². The molecular weight excluding hydrogens is 128 g/mol. The number of carbonyl (C=O) groups excluding carboxylic acids is 1. The number of likely N-dealkylation sites (N-methyl/N-ethyl adjacent to an activating group) is 1. The van der Waals surface area contributed by atoms with Crippen LogP contribution in [0.15, 0.2) is 24.4 Å². The average molecular weight is 141 g/mol. The minimum Gasteiger partial charge on any atom is -0.368 e. The van der Waals surface area contributed by atoms with Gasteiger partial charge in [-0.2, -0.15) is 0 Å². The molecular formula is C7H10N2O. The first-order valence-corrected chi connectivity index (χ1v) is 2.85. The SMILES string of the molecule is [2H]C([2H])([2H])N1C=CC=CC1C(N)=O. The Morgan fingerprint density at radius 3 is 3.10 bits per heavy atom. The van der Waals surface area contributed by atoms with E-state index in [2.05, 4.69) is 0 Å². The number of amides is 1. The van der Waals surface area contributed by atoms with Gasteiger partial charge < -0.3 is 10.6 Å². The van der Waals surface area contributed by atoms with E-state index in [-0.39, 0.29) is 0 Å². The quantitative estimate of drug-likeness (QED) is 0.552. The molecule has 1 heterocycles. The molecule has 0 radical (unpaired) electrons. The second-order valence-electron chi connectivity index (χ2n) is 1.98. The molecule has 0 aromatic heterocycles. The van der Waals surface area contributed by atoms with E-state index >= 15 is 0 Å². The van der Waals surface area contributed by atoms with Crippen molar-refractivity contribution in [1.82, 2.24) is 4.90 Å². The number of nitrogens with zero attached hydrogens (tertiary/aromatic N) is 1. The maximum absolute atomic E-state index is 10.9. The fraction of sp³-hybridized carbons (Fsp3) is 0.286. The Bertz CT molecular complexity index is 269. The van der Waals surface area contributed by atoms with E-state index in [9.17, 15) is 4.79 Å². The van der Waals surface area contributed by atoms with E-state index in [0.29, 0.717) is 0 Å². The van der Waals surface area contributed by atoms with Gasteiger partial charge in [0.1, 0.15) is 6.04 Å². The number of rotatable bonds is 1. The van der Waals surface area contributed by atoms with Crippen molar-refractivity contribution in [3.63, 3.8) is 0 Å². The highest BCUT2D eigenvalue weighted by molar-refractivity contribution is 5.82. The largest absolute Gasteiger partial charge is 0.368 e. The van der Waals surface area contributed by atoms with Crippen LogP contribution in [0.4, 0.5) is 0 Å². The molecule has 3 nitrogen and oxygen atoms in total. The van der Waals surface area contributed by atoms with Crippen LogP contribution in [0.3, 0.4) is 0 Å². The maximum Gasteiger partial charge on any atom is 0.244 e. The van der Waals surface area contributed by atoms with Gasteiger partial charge in [0, 0.05) is 11.1 Å². The molecule has 0 aromatic rings. The molecule has 0 aliphatic carbocycles. The zero-order valence-corrected chi connectivity index (χ0v) is 5.32. The first-order chi connectivity index (χ1) is 5.93. The van der Waals surface area contributed by atoms with Gasteiger partial charge >= 0.3 is 0 Å². The van der Waals surface area contributed by atoms with Crippen molar-refractivity contribution >= 4 is 5.91 Å². The lowest BCUT2D eigenvalue weighted by Crippen LogP contribution is -2.39. The van der Waals surface area contributed by atoms with Crippen molar-refractivity contribution in [3.05, 3.63) is 24.4 Å². The third-order valence-electron chi connectivity index (χ3n) is 1.24. The highest BCUT2D eigenvalue weighted by atomic mass is 16.1. The van der Waals surface area contributed by atoms with Gasteiger partial charge in [0.15, 0.2) is 0 Å². The number of nitrogens with two attached hydrogens (primary N) is 1. The smallest absolute Gasteiger partial charge is 0.244 e. The third-order valence-corrected chi connectivity index (χ3v) is 1.24. The predicted molar refractivity (Wildman–Crippen MR) is 39.0 cm³/mol. The van der Waals surface area contributed by atoms with Crippen molar-refractivity contribution in [3.8, 4) is 0 Å². The molecule has 1 aliphatic rings. The molecule has 1 amide bonds. The number of hydrogen-bond donors (Lipinski definition) is 1. The summed E-state index contributed by atoms with van der Waals surface area (Å²) in [5.41, 5.74) is 5.04. The van der Waals surface area contributed by atoms with E-state index < -0.39 is 18.9 Å². The first kappa shape index (κ1) is 3.81. The van der Waals surface area contributed by atoms with Gasteiger partial charge in [0.2, 0.25) is 5.91 Å². The second kappa shape index (κ2) is 2.56. The molecule has 0 spiro atoms. The normalized spacial score (nSPS) is 29.0. The van der Waals surface area contributed by atoms with E-state index in [0.717, 1.165) is 4.90 Å². The molecule has 0 bridgehead atoms. The zero-order valence-electron chi connectivity index (χ0n) is 8.32. The third kappa shape index (κ3) is 1.18. The van der Waals surface area contributed by atoms with Crippen LogP contribution in [0.25, 0.3) is 0 Å². The van der Waals surface area contributed by atoms with Crippen LogP contribution in [-0.4, -0.2) is 23.8 Å². The van der Waals surface area contributed by atoms with Gasteiger partial charge in [-0.25, -0.2) is 0 Å². The minimum absolute atomic E-state index is 0.670. The topological polar surface area (TPSA) is 46.3 Å². The van der Waals surface area contributed by atoms with E-state index in [4.69, 9.17) is 9.85 Å². The van der Waals surface area contributed by atoms with Crippen LogP contribution in [0.5, 0.6) is 0 Å². The van der Waals surface area contributed by atoms with Crippen molar-refractivity contribution in [2.45, 2.75) is 6.04 Å². The lowest BCUT2D eigenvalue weighted by molar-refractivity contribution is -0.120. The van der Waals surface area contributed by atoms with Gasteiger partial charge in [-0.15, -0.1) is 0 Å². The van der Waals surface area contributed by atoms with Gasteiger partial charge in [0.05, 0.1) is 0 Å². The van der Waals surface area contributed by atoms with Crippen LogP contribution < -0.4 is 5.73 Å². The van der Waals surface area contributed by atoms with Crippen LogP contribution in [0, 0.1) is 0 Å². The number of carbonyl (C=O) groups is 1. The predicted octanol–water partition coefficient (Wildman–Crippen LogP) is -0.144. The summed E-state index contributed by atoms with van der Waals surface area (Å²) in [7, 11) is 0. The molecule has 0 fully saturated rings. The van der Waals surface area contributed by atoms with Crippen molar-refractivity contribution in [2.75, 3.05) is 6.98 Å². The second-order valence-corrected chi connectivity index (χ2v) is 1.98. The summed E-state index contributed by atoms with van der Waals surface area (Å²) in [6.45, 7) is -2.33. The Morgan fingerprint density at radius 1 is 1.80 bits per heavy atom. The Labute approximate surface area is 64.0 Å². The summed E-state index contributed by atoms with van der Waals surface area (Å²) in [5, 5.41) is 0. The minimum atomic E-state index is -2.33. The van der Waals surface area contributed by atoms with Gasteiger partial charge in [-0.3, -0.25) is 4.79 Å². The van der Waals surface area contributed by atoms with Crippen LogP contribution in [0.2, 0.25) is 0 Å². The van der Waals surface area contributed by atoms with Crippen molar-refractivity contribution in [2.24, 2.45) is 5.73 Å². The Balaban J connectivity index is 2.89. The summed E-state index contributed by atoms with van der Waals surface area (Å²) < 4.78 is 21.3. The van der Waals surface area contributed by atoms with Crippen LogP contribution in [-0.2, 0) is 4.79 Å². The van der Waals surface area contributed by atoms with Crippen LogP contribution in [0.1, 0.15) is 4.11 Å². The fourth-order valence-electron chi connectivity index (χ4n) is 0.729. The van der Waals surface area contributed by atoms with Gasteiger partial charge in [-0.1, -0.05) is 12.2 Å². The molecule has 1 atom stereocenters. The Hall–Kier alpha value is -1.25. The Morgan fingerprint density at radius 2 is 2.60 bits per heavy atom. The number of allylic oxidation sites excluding steroid dienone is 2. The molecule has 0 aromatic carbocycles. The monoisotopic (exact) mass is 141 g/mol. The van der Waals surface area contributed by atoms with Gasteiger partial charge in [-0.05, 0) is 12.3 Å². The summed E-state index contributed by atoms with van der Waals surface area (Å²) in [4.78, 5) is 11.8. The summed E-state index contributed by atoms with van der Waals surface area (Å²) >= 11 is 0. The lowest BCUT2D eigenvalue weighted by atomic mass is 10.2. The maximum atomic E-state index is 10.9. The molecule has 54 valence electrons. The number of hydrogen-bond acceptors (Lipinski definition) is 2. The van der Waals surface area contributed by atoms with Crippen molar-refractivity contribution < 1.29 is 8.91 Å². The molecule has 0 saturated heterocycles. The van der Waals surface area contributed by atoms with E-state index in [1.807, 2.05) is 0 Å². The first-order valence-electron chi connectivity index (χ1n) is 4.35. The molecule has 1 aliphatic heterocycles. The molecule has 3 heteroatoms. The molecule has 1 unspecified atom stereocenters. The molecule has 0 saturated carbocycles. The zero-order chi connectivity index (χ0) is 10.1. The molecule has 10 heavy (non-hydrogen) atoms. The molecule has 2 N–H and O–H groups in total. The fourth-order valence-corrected chi connectivity index (χ4v) is 0.729. The molecule has 1 rings (SSSR count). The van der Waals surface area contributed by atoms with Crippen LogP contribution >= 0.6 is 0 Å². The van der Waals surface area contributed by atoms with E-state index in [1.54, 1.807) is 12.2 Å².